The zero-order chi connectivity index (χ0) is 15.2. The lowest BCUT2D eigenvalue weighted by molar-refractivity contribution is -0.137. The van der Waals surface area contributed by atoms with Crippen molar-refractivity contribution in [3.05, 3.63) is 22.7 Å². The van der Waals surface area contributed by atoms with Crippen LogP contribution >= 0.6 is 0 Å². The molecule has 0 amide bonds. The SMILES string of the molecule is O=C(O)Cn1ccnc(NCC(F)C2CCCCC2)c1=O. The first kappa shape index (κ1) is 15.5. The minimum Gasteiger partial charge on any atom is -0.480 e. The van der Waals surface area contributed by atoms with Gasteiger partial charge in [0.05, 0.1) is 0 Å². The van der Waals surface area contributed by atoms with Gasteiger partial charge in [-0.2, -0.15) is 0 Å². The van der Waals surface area contributed by atoms with Crippen LogP contribution < -0.4 is 10.9 Å². The number of aliphatic carboxylic acids is 1. The normalized spacial score (nSPS) is 17.4. The zero-order valence-corrected chi connectivity index (χ0v) is 11.8. The number of nitrogens with one attached hydrogen (secondary N) is 1. The number of carboxylic acid groups (broad SMARTS) is 1. The van der Waals surface area contributed by atoms with Crippen molar-refractivity contribution in [3.63, 3.8) is 0 Å². The number of carboxylic acids is 1. The van der Waals surface area contributed by atoms with Crippen LogP contribution in [-0.2, 0) is 11.3 Å². The Hall–Kier alpha value is -1.92. The maximum atomic E-state index is 14.1. The lowest BCUT2D eigenvalue weighted by atomic mass is 9.86. The van der Waals surface area contributed by atoms with Crippen LogP contribution in [0.3, 0.4) is 0 Å². The van der Waals surface area contributed by atoms with E-state index in [2.05, 4.69) is 10.3 Å². The van der Waals surface area contributed by atoms with E-state index in [0.717, 1.165) is 36.7 Å². The van der Waals surface area contributed by atoms with E-state index in [1.807, 2.05) is 0 Å². The van der Waals surface area contributed by atoms with Crippen LogP contribution in [0.15, 0.2) is 17.2 Å². The molecule has 6 nitrogen and oxygen atoms in total. The highest BCUT2D eigenvalue weighted by atomic mass is 19.1. The fourth-order valence-electron chi connectivity index (χ4n) is 2.70. The van der Waals surface area contributed by atoms with Crippen LogP contribution in [-0.4, -0.2) is 33.3 Å². The minimum atomic E-state index is -1.11. The monoisotopic (exact) mass is 297 g/mol. The van der Waals surface area contributed by atoms with E-state index in [9.17, 15) is 14.0 Å². The molecule has 1 aromatic heterocycles. The molecule has 1 unspecified atom stereocenters. The zero-order valence-electron chi connectivity index (χ0n) is 11.8. The Morgan fingerprint density at radius 1 is 1.48 bits per heavy atom. The molecule has 1 saturated carbocycles. The summed E-state index contributed by atoms with van der Waals surface area (Å²) in [6, 6.07) is 0. The summed E-state index contributed by atoms with van der Waals surface area (Å²) in [4.78, 5) is 26.4. The molecule has 1 heterocycles. The van der Waals surface area contributed by atoms with E-state index >= 15 is 0 Å². The number of anilines is 1. The molecule has 0 spiro atoms. The van der Waals surface area contributed by atoms with Gasteiger partial charge in [-0.05, 0) is 18.8 Å². The highest BCUT2D eigenvalue weighted by molar-refractivity contribution is 5.66. The van der Waals surface area contributed by atoms with Gasteiger partial charge < -0.3 is 10.4 Å². The molecule has 2 rings (SSSR count). The van der Waals surface area contributed by atoms with Gasteiger partial charge in [-0.15, -0.1) is 0 Å². The first-order valence-electron chi connectivity index (χ1n) is 7.23. The summed E-state index contributed by atoms with van der Waals surface area (Å²) >= 11 is 0. The molecule has 0 bridgehead atoms. The van der Waals surface area contributed by atoms with Gasteiger partial charge in [0.2, 0.25) is 0 Å². The first-order chi connectivity index (χ1) is 10.1. The van der Waals surface area contributed by atoms with Crippen LogP contribution in [0.25, 0.3) is 0 Å². The molecule has 1 aliphatic rings. The Morgan fingerprint density at radius 3 is 2.86 bits per heavy atom. The number of aromatic nitrogens is 2. The van der Waals surface area contributed by atoms with Crippen molar-refractivity contribution >= 4 is 11.8 Å². The van der Waals surface area contributed by atoms with Crippen molar-refractivity contribution in [2.45, 2.75) is 44.8 Å². The second-order valence-electron chi connectivity index (χ2n) is 5.40. The van der Waals surface area contributed by atoms with Gasteiger partial charge in [0.25, 0.3) is 5.56 Å². The molecule has 0 saturated heterocycles. The summed E-state index contributed by atoms with van der Waals surface area (Å²) < 4.78 is 15.2. The lowest BCUT2D eigenvalue weighted by Gasteiger charge is -2.25. The molecule has 7 heteroatoms. The second-order valence-corrected chi connectivity index (χ2v) is 5.40. The average Bonchev–Trinajstić information content (AvgIpc) is 2.48. The summed E-state index contributed by atoms with van der Waals surface area (Å²) in [6.45, 7) is -0.401. The van der Waals surface area contributed by atoms with Crippen molar-refractivity contribution in [2.75, 3.05) is 11.9 Å². The molecule has 0 radical (unpaired) electrons. The molecule has 2 N–H and O–H groups in total. The Bertz CT molecular complexity index is 541. The predicted molar refractivity (Wildman–Crippen MR) is 76.1 cm³/mol. The van der Waals surface area contributed by atoms with Gasteiger partial charge in [0, 0.05) is 18.9 Å². The van der Waals surface area contributed by atoms with E-state index in [0.29, 0.717) is 0 Å². The number of halogens is 1. The third-order valence-electron chi connectivity index (χ3n) is 3.85. The molecule has 116 valence electrons. The minimum absolute atomic E-state index is 0.00258. The summed E-state index contributed by atoms with van der Waals surface area (Å²) in [7, 11) is 0. The average molecular weight is 297 g/mol. The Kier molecular flexibility index (Phi) is 5.30. The third-order valence-corrected chi connectivity index (χ3v) is 3.85. The Balaban J connectivity index is 1.96. The summed E-state index contributed by atoms with van der Waals surface area (Å²) in [5.41, 5.74) is -0.546. The van der Waals surface area contributed by atoms with Crippen LogP contribution in [0.4, 0.5) is 10.2 Å². The van der Waals surface area contributed by atoms with Gasteiger partial charge in [-0.25, -0.2) is 9.37 Å². The fraction of sp³-hybridized carbons (Fsp3) is 0.643. The van der Waals surface area contributed by atoms with E-state index in [-0.39, 0.29) is 18.3 Å². The molecule has 1 aliphatic carbocycles. The highest BCUT2D eigenvalue weighted by Gasteiger charge is 2.23. The van der Waals surface area contributed by atoms with E-state index < -0.39 is 24.2 Å². The van der Waals surface area contributed by atoms with Crippen LogP contribution in [0.1, 0.15) is 32.1 Å². The van der Waals surface area contributed by atoms with Gasteiger partial charge in [-0.1, -0.05) is 19.3 Å². The Labute approximate surface area is 122 Å². The number of hydrogen-bond donors (Lipinski definition) is 2. The van der Waals surface area contributed by atoms with E-state index in [4.69, 9.17) is 5.11 Å². The summed E-state index contributed by atoms with van der Waals surface area (Å²) in [5, 5.41) is 11.4. The van der Waals surface area contributed by atoms with Crippen molar-refractivity contribution in [1.29, 1.82) is 0 Å². The molecular weight excluding hydrogens is 277 g/mol. The smallest absolute Gasteiger partial charge is 0.323 e. The molecular formula is C14H20FN3O3. The van der Waals surface area contributed by atoms with E-state index in [1.165, 1.54) is 12.4 Å². The molecule has 1 atom stereocenters. The van der Waals surface area contributed by atoms with Gasteiger partial charge in [0.15, 0.2) is 5.82 Å². The van der Waals surface area contributed by atoms with Crippen LogP contribution in [0, 0.1) is 5.92 Å². The standard InChI is InChI=1S/C14H20FN3O3/c15-11(10-4-2-1-3-5-10)8-17-13-14(21)18(7-6-16-13)9-12(19)20/h6-7,10-11H,1-5,8-9H2,(H,16,17)(H,19,20). The topological polar surface area (TPSA) is 84.2 Å². The van der Waals surface area contributed by atoms with Crippen LogP contribution in [0.5, 0.6) is 0 Å². The fourth-order valence-corrected chi connectivity index (χ4v) is 2.70. The maximum Gasteiger partial charge on any atom is 0.323 e. The molecule has 21 heavy (non-hydrogen) atoms. The summed E-state index contributed by atoms with van der Waals surface area (Å²) in [5.74, 6) is -1.08. The van der Waals surface area contributed by atoms with Crippen molar-refractivity contribution in [3.8, 4) is 0 Å². The lowest BCUT2D eigenvalue weighted by Crippen LogP contribution is -2.31. The molecule has 0 aromatic carbocycles. The van der Waals surface area contributed by atoms with Crippen molar-refractivity contribution in [2.24, 2.45) is 5.92 Å². The number of alkyl halides is 1. The van der Waals surface area contributed by atoms with E-state index in [1.54, 1.807) is 0 Å². The van der Waals surface area contributed by atoms with Gasteiger partial charge >= 0.3 is 5.97 Å². The first-order valence-corrected chi connectivity index (χ1v) is 7.23. The molecule has 0 aliphatic heterocycles. The third kappa shape index (κ3) is 4.27. The predicted octanol–water partition coefficient (Wildman–Crippen LogP) is 1.66. The van der Waals surface area contributed by atoms with Crippen molar-refractivity contribution in [1.82, 2.24) is 9.55 Å². The maximum absolute atomic E-state index is 14.1. The Morgan fingerprint density at radius 2 is 2.19 bits per heavy atom. The van der Waals surface area contributed by atoms with Crippen molar-refractivity contribution < 1.29 is 14.3 Å². The number of carbonyl (C=O) groups is 1. The number of nitrogens with zero attached hydrogens (tertiary/aromatic N) is 2. The molecule has 1 fully saturated rings. The second kappa shape index (κ2) is 7.19. The van der Waals surface area contributed by atoms with Crippen LogP contribution in [0.2, 0.25) is 0 Å². The van der Waals surface area contributed by atoms with Gasteiger partial charge in [0.1, 0.15) is 12.7 Å². The quantitative estimate of drug-likeness (QED) is 0.834. The number of hydrogen-bond acceptors (Lipinski definition) is 4. The summed E-state index contributed by atoms with van der Waals surface area (Å²) in [6.07, 6.45) is 6.66. The highest BCUT2D eigenvalue weighted by Crippen LogP contribution is 2.27. The van der Waals surface area contributed by atoms with Gasteiger partial charge in [-0.3, -0.25) is 14.2 Å². The number of rotatable bonds is 6. The largest absolute Gasteiger partial charge is 0.480 e. The molecule has 1 aromatic rings.